The van der Waals surface area contributed by atoms with Crippen LogP contribution in [0.15, 0.2) is 0 Å². The second-order valence-corrected chi connectivity index (χ2v) is 31.7. The molecule has 50 atom stereocenters. The maximum absolute atomic E-state index is 13.4. The molecule has 56 nitrogen and oxygen atoms in total. The Hall–Kier alpha value is -4.49. The standard InChI is InChI=1S/C70H117N5O51/c1-16(84)71-31-44(97)54(25(10-80)110-61(31)107)120-64-34(74-19(4)87)46(99)56(27(12-82)115-64)123-69-53(106)59(41(94)30(119-69)15-109-67-52(105)58(124-68-50(103)48(101)39(92)24(9-79)114-68)40(93)29(118-67)14-108-66-49(102)47(100)38(91)23(8-78)113-66)125-70-60(51(104)57(28(13-83)117-70)122-63-33(73-18(3)86)43(96)37(90)22(7-77)112-63)126-65-35(75-20(5)88)45(98)55(26(11-81)116-65)121-62-32(72-17(2)85)42(95)36(89)21(6-76)111-62/h21-70,76-83,89-107H,6-15H2,1-5H3,(H,71,84)(H,72,85)(H,73,86)(H,74,87)(H,75,88)/t21-,22-,23-,24-,25-,26-,27-,28-,29-,30-,31-,32-,33-,34-,35-,36+,37-,38-,39-,40-,41-,42-,43-,44-,45-,46-,47+,48+,49+,50+,51+,52+,53+,54-,55-,56-,57-,58+,59+,60+,61-,62+,63+,64+,65+,66-,67-,68+,69+,70+/m1/s1. The Labute approximate surface area is 713 Å². The van der Waals surface area contributed by atoms with Crippen LogP contribution in [-0.2, 0) is 114 Å². The third-order valence-electron chi connectivity index (χ3n) is 22.9. The van der Waals surface area contributed by atoms with Gasteiger partial charge >= 0.3 is 0 Å². The maximum atomic E-state index is 13.4. The van der Waals surface area contributed by atoms with Gasteiger partial charge in [-0.05, 0) is 0 Å². The van der Waals surface area contributed by atoms with Gasteiger partial charge in [-0.2, -0.15) is 0 Å². The van der Waals surface area contributed by atoms with E-state index < -0.39 is 402 Å². The van der Waals surface area contributed by atoms with Crippen molar-refractivity contribution in [2.45, 2.75) is 341 Å². The third-order valence-corrected chi connectivity index (χ3v) is 22.9. The Morgan fingerprint density at radius 1 is 0.206 bits per heavy atom. The second-order valence-electron chi connectivity index (χ2n) is 31.7. The highest BCUT2D eigenvalue weighted by atomic mass is 16.8. The first-order valence-electron chi connectivity index (χ1n) is 40.1. The van der Waals surface area contributed by atoms with E-state index in [-0.39, 0.29) is 0 Å². The minimum atomic E-state index is -2.70. The molecule has 10 fully saturated rings. The van der Waals surface area contributed by atoms with Gasteiger partial charge in [-0.25, -0.2) is 0 Å². The number of hydrogen-bond acceptors (Lipinski definition) is 51. The van der Waals surface area contributed by atoms with E-state index >= 15 is 0 Å². The van der Waals surface area contributed by atoms with E-state index in [0.29, 0.717) is 0 Å². The van der Waals surface area contributed by atoms with Gasteiger partial charge in [0.1, 0.15) is 244 Å². The molecule has 126 heavy (non-hydrogen) atoms. The number of ether oxygens (including phenoxy) is 19. The van der Waals surface area contributed by atoms with E-state index in [2.05, 4.69) is 26.6 Å². The Morgan fingerprint density at radius 3 is 0.810 bits per heavy atom. The van der Waals surface area contributed by atoms with Crippen LogP contribution in [0.2, 0.25) is 0 Å². The second kappa shape index (κ2) is 45.5. The van der Waals surface area contributed by atoms with E-state index in [4.69, 9.17) is 90.0 Å². The Bertz CT molecular complexity index is 3440. The molecule has 32 N–H and O–H groups in total. The molecule has 5 amide bonds. The molecule has 56 heteroatoms. The van der Waals surface area contributed by atoms with Crippen molar-refractivity contribution in [2.24, 2.45) is 0 Å². The molecule has 10 aliphatic rings. The zero-order valence-electron chi connectivity index (χ0n) is 67.8. The lowest BCUT2D eigenvalue weighted by molar-refractivity contribution is -0.404. The van der Waals surface area contributed by atoms with Gasteiger partial charge in [0.2, 0.25) is 29.5 Å². The summed E-state index contributed by atoms with van der Waals surface area (Å²) in [5.41, 5.74) is 0. The minimum absolute atomic E-state index is 0.815. The van der Waals surface area contributed by atoms with Crippen LogP contribution in [-0.4, -0.2) is 540 Å². The molecule has 0 spiro atoms. The highest BCUT2D eigenvalue weighted by Gasteiger charge is 2.62. The van der Waals surface area contributed by atoms with E-state index in [0.717, 1.165) is 34.6 Å². The lowest BCUT2D eigenvalue weighted by Gasteiger charge is -2.52. The van der Waals surface area contributed by atoms with Crippen molar-refractivity contribution in [3.63, 3.8) is 0 Å². The summed E-state index contributed by atoms with van der Waals surface area (Å²) >= 11 is 0. The van der Waals surface area contributed by atoms with Crippen LogP contribution in [0, 0.1) is 0 Å². The predicted octanol–water partition coefficient (Wildman–Crippen LogP) is -22.1. The summed E-state index contributed by atoms with van der Waals surface area (Å²) in [6, 6.07) is -9.38. The van der Waals surface area contributed by atoms with Crippen LogP contribution in [0.5, 0.6) is 0 Å². The van der Waals surface area contributed by atoms with Gasteiger partial charge < -0.3 is 254 Å². The molecule has 0 unspecified atom stereocenters. The molecule has 0 aromatic rings. The number of carbonyl (C=O) groups is 5. The molecule has 0 aliphatic carbocycles. The summed E-state index contributed by atoms with van der Waals surface area (Å²) in [4.78, 5) is 64.0. The van der Waals surface area contributed by atoms with Gasteiger partial charge in [0.15, 0.2) is 62.9 Å². The third kappa shape index (κ3) is 23.1. The Morgan fingerprint density at radius 2 is 0.437 bits per heavy atom. The molecule has 10 aliphatic heterocycles. The van der Waals surface area contributed by atoms with Gasteiger partial charge in [-0.3, -0.25) is 24.0 Å². The summed E-state index contributed by atoms with van der Waals surface area (Å²) in [7, 11) is 0. The fraction of sp³-hybridized carbons (Fsp3) is 0.929. The highest BCUT2D eigenvalue weighted by molar-refractivity contribution is 5.75. The molecular formula is C70H117N5O51. The van der Waals surface area contributed by atoms with Crippen LogP contribution < -0.4 is 26.6 Å². The van der Waals surface area contributed by atoms with Crippen LogP contribution in [0.3, 0.4) is 0 Å². The van der Waals surface area contributed by atoms with Gasteiger partial charge in [0, 0.05) is 34.6 Å². The Balaban J connectivity index is 1.05. The molecule has 10 rings (SSSR count). The number of aliphatic hydroxyl groups excluding tert-OH is 27. The van der Waals surface area contributed by atoms with Crippen molar-refractivity contribution in [1.82, 2.24) is 26.6 Å². The molecule has 0 aromatic carbocycles. The van der Waals surface area contributed by atoms with Gasteiger partial charge in [-0.1, -0.05) is 0 Å². The first-order chi connectivity index (χ1) is 59.6. The number of aliphatic hydroxyl groups is 27. The largest absolute Gasteiger partial charge is 0.394 e. The number of nitrogens with one attached hydrogen (secondary N) is 5. The Kier molecular flexibility index (Phi) is 37.4. The zero-order valence-corrected chi connectivity index (χ0v) is 67.8. The first kappa shape index (κ1) is 104. The van der Waals surface area contributed by atoms with E-state index in [1.54, 1.807) is 0 Å². The van der Waals surface area contributed by atoms with Crippen molar-refractivity contribution in [3.8, 4) is 0 Å². The lowest BCUT2D eigenvalue weighted by Crippen LogP contribution is -2.71. The van der Waals surface area contributed by atoms with Gasteiger partial charge in [-0.15, -0.1) is 0 Å². The number of rotatable bonds is 33. The summed E-state index contributed by atoms with van der Waals surface area (Å²) in [5.74, 6) is -4.61. The SMILES string of the molecule is CC(=O)N[C@@H]1[C@@H](O)[C@H](O[C@@H]2O[C@H](CO)[C@@H](O[C@@H]3O[C@H](CO[C@@H]4O[C@H](CO[C@@H]5O[C@H](CO)[C@@H](O)[C@H](O)[C@@H]5O)[C@@H](O)[C@H](O[C@@H]5O[C@H](CO)[C@@H](O)[C@H](O)[C@@H]5O)[C@@H]4O)[C@@H](O)[C@H](O[C@@H]4O[C@H](CO)[C@@H](O[C@@H]5O[C@H](CO)[C@@H](O)[C@H](O)[C@H]5NC(C)=O)[C@H](O)[C@@H]4O[C@@H]4O[C@H](CO)[C@@H](O[C@@H]5O[C@H](CO)[C@H](O)[C@H](O)[C@H]5NC(C)=O)[C@H](O)[C@H]4NC(C)=O)[C@@H]3O)[C@H](O)[C@H]2NC(C)=O)[C@@H](CO)O[C@H]1O. The predicted molar refractivity (Wildman–Crippen MR) is 388 cm³/mol. The van der Waals surface area contributed by atoms with Crippen molar-refractivity contribution < 1.29 is 252 Å². The molecule has 10 heterocycles. The zero-order chi connectivity index (χ0) is 92.8. The van der Waals surface area contributed by atoms with Crippen molar-refractivity contribution >= 4 is 29.5 Å². The topological polar surface area (TPSA) is 867 Å². The van der Waals surface area contributed by atoms with Crippen molar-refractivity contribution in [1.29, 1.82) is 0 Å². The normalized spacial score (nSPS) is 48.4. The number of carbonyl (C=O) groups excluding carboxylic acids is 5. The highest BCUT2D eigenvalue weighted by Crippen LogP contribution is 2.41. The molecule has 0 bridgehead atoms. The van der Waals surface area contributed by atoms with Crippen LogP contribution in [0.1, 0.15) is 34.6 Å². The summed E-state index contributed by atoms with van der Waals surface area (Å²) in [6.07, 6.45) is -96.7. The van der Waals surface area contributed by atoms with Crippen LogP contribution in [0.4, 0.5) is 0 Å². The summed E-state index contributed by atoms with van der Waals surface area (Å²) in [6.45, 7) is -6.58. The molecule has 0 radical (unpaired) electrons. The molecule has 728 valence electrons. The average Bonchev–Trinajstić information content (AvgIpc) is 0.755. The monoisotopic (exact) mass is 1840 g/mol. The lowest BCUT2D eigenvalue weighted by atomic mass is 9.93. The summed E-state index contributed by atoms with van der Waals surface area (Å²) in [5, 5.41) is 315. The van der Waals surface area contributed by atoms with Crippen LogP contribution in [0.25, 0.3) is 0 Å². The average molecular weight is 1840 g/mol. The van der Waals surface area contributed by atoms with E-state index in [9.17, 15) is 162 Å². The summed E-state index contributed by atoms with van der Waals surface area (Å²) < 4.78 is 114. The van der Waals surface area contributed by atoms with Gasteiger partial charge in [0.05, 0.1) is 66.1 Å². The fourth-order valence-corrected chi connectivity index (χ4v) is 16.3. The van der Waals surface area contributed by atoms with Crippen LogP contribution >= 0.6 is 0 Å². The maximum Gasteiger partial charge on any atom is 0.217 e. The van der Waals surface area contributed by atoms with E-state index in [1.165, 1.54) is 0 Å². The fourth-order valence-electron chi connectivity index (χ4n) is 16.3. The number of hydrogen-bond donors (Lipinski definition) is 32. The van der Waals surface area contributed by atoms with Gasteiger partial charge in [0.25, 0.3) is 0 Å². The first-order valence-corrected chi connectivity index (χ1v) is 40.1. The molecule has 0 saturated carbocycles. The van der Waals surface area contributed by atoms with Crippen molar-refractivity contribution in [2.75, 3.05) is 66.1 Å². The number of amides is 5. The van der Waals surface area contributed by atoms with Crippen molar-refractivity contribution in [3.05, 3.63) is 0 Å². The van der Waals surface area contributed by atoms with E-state index in [1.807, 2.05) is 0 Å². The molecule has 0 aromatic heterocycles. The molecule has 10 saturated heterocycles. The minimum Gasteiger partial charge on any atom is -0.394 e. The quantitative estimate of drug-likeness (QED) is 0.0290. The molecular weight excluding hydrogens is 1730 g/mol. The smallest absolute Gasteiger partial charge is 0.217 e.